The smallest absolute Gasteiger partial charge is 0.411 e. The van der Waals surface area contributed by atoms with E-state index in [0.717, 1.165) is 0 Å². The lowest BCUT2D eigenvalue weighted by Crippen LogP contribution is -2.55. The van der Waals surface area contributed by atoms with Crippen LogP contribution in [0.15, 0.2) is 24.3 Å². The Labute approximate surface area is 143 Å². The van der Waals surface area contributed by atoms with Crippen molar-refractivity contribution in [3.63, 3.8) is 0 Å². The molecule has 4 fully saturated rings. The average molecular weight is 329 g/mol. The minimum absolute atomic E-state index is 0.185. The van der Waals surface area contributed by atoms with Gasteiger partial charge in [0.05, 0.1) is 6.61 Å². The molecule has 0 aromatic heterocycles. The first-order valence-electron chi connectivity index (χ1n) is 9.07. The molecule has 4 aliphatic carbocycles. The molecule has 1 aromatic rings. The molecule has 4 bridgehead atoms. The van der Waals surface area contributed by atoms with Gasteiger partial charge in [0.25, 0.3) is 0 Å². The number of anilines is 1. The quantitative estimate of drug-likeness (QED) is 0.784. The van der Waals surface area contributed by atoms with Gasteiger partial charge in [-0.15, -0.1) is 0 Å². The van der Waals surface area contributed by atoms with E-state index in [1.54, 1.807) is 24.3 Å². The summed E-state index contributed by atoms with van der Waals surface area (Å²) in [6, 6.07) is 6.44. The molecule has 24 heavy (non-hydrogen) atoms. The van der Waals surface area contributed by atoms with Crippen LogP contribution in [0.25, 0.3) is 0 Å². The lowest BCUT2D eigenvalue weighted by Gasteiger charge is -2.63. The van der Waals surface area contributed by atoms with Crippen molar-refractivity contribution in [2.75, 3.05) is 11.9 Å². The van der Waals surface area contributed by atoms with E-state index in [4.69, 9.17) is 4.74 Å². The van der Waals surface area contributed by atoms with Gasteiger partial charge in [-0.2, -0.15) is 0 Å². The van der Waals surface area contributed by atoms with Crippen LogP contribution in [0, 0.1) is 28.6 Å². The first-order chi connectivity index (χ1) is 11.3. The van der Waals surface area contributed by atoms with E-state index in [-0.39, 0.29) is 5.75 Å². The van der Waals surface area contributed by atoms with Crippen LogP contribution >= 0.6 is 0 Å². The van der Waals surface area contributed by atoms with Gasteiger partial charge in [0.15, 0.2) is 0 Å². The van der Waals surface area contributed by atoms with Crippen LogP contribution in [0.3, 0.4) is 0 Å². The van der Waals surface area contributed by atoms with Crippen LogP contribution in [0.5, 0.6) is 5.75 Å². The fraction of sp³-hybridized carbons (Fsp3) is 0.650. The summed E-state index contributed by atoms with van der Waals surface area (Å²) in [6.07, 6.45) is 6.17. The first kappa shape index (κ1) is 15.8. The second-order valence-corrected chi connectivity index (χ2v) is 9.07. The minimum Gasteiger partial charge on any atom is -0.508 e. The molecule has 5 rings (SSSR count). The summed E-state index contributed by atoms with van der Waals surface area (Å²) in [5.41, 5.74) is 1.68. The van der Waals surface area contributed by atoms with E-state index in [0.29, 0.717) is 40.9 Å². The minimum atomic E-state index is -0.396. The van der Waals surface area contributed by atoms with Crippen LogP contribution in [0.2, 0.25) is 0 Å². The molecule has 4 saturated carbocycles. The lowest BCUT2D eigenvalue weighted by atomic mass is 9.42. The van der Waals surface area contributed by atoms with Crippen LogP contribution in [0.4, 0.5) is 10.5 Å². The molecule has 0 radical (unpaired) electrons. The monoisotopic (exact) mass is 329 g/mol. The molecule has 0 atom stereocenters. The summed E-state index contributed by atoms with van der Waals surface area (Å²) in [7, 11) is 0. The zero-order valence-corrected chi connectivity index (χ0v) is 14.5. The molecule has 1 aromatic carbocycles. The standard InChI is InChI=1S/C20H27NO3/c1-19-7-13-9-20(2,12-19)10-14(8-19)17(13)11-24-18(23)21-15-3-5-16(22)6-4-15/h3-6,13-14,17,22H,7-12H2,1-2H3,(H,21,23). The zero-order valence-electron chi connectivity index (χ0n) is 14.5. The molecule has 0 spiro atoms. The van der Waals surface area contributed by atoms with E-state index in [9.17, 15) is 9.90 Å². The molecular formula is C20H27NO3. The van der Waals surface area contributed by atoms with Crippen molar-refractivity contribution in [1.29, 1.82) is 0 Å². The number of benzene rings is 1. The van der Waals surface area contributed by atoms with E-state index in [1.165, 1.54) is 32.1 Å². The Morgan fingerprint density at radius 1 is 1.12 bits per heavy atom. The topological polar surface area (TPSA) is 58.6 Å². The SMILES string of the molecule is CC12CC3CC(C)(CC(C1)C3COC(=O)Nc1ccc(O)cc1)C2. The highest BCUT2D eigenvalue weighted by Crippen LogP contribution is 2.66. The first-order valence-corrected chi connectivity index (χ1v) is 9.07. The molecule has 0 unspecified atom stereocenters. The van der Waals surface area contributed by atoms with Crippen LogP contribution < -0.4 is 5.32 Å². The summed E-state index contributed by atoms with van der Waals surface area (Å²) in [5.74, 6) is 2.13. The summed E-state index contributed by atoms with van der Waals surface area (Å²) < 4.78 is 5.56. The average Bonchev–Trinajstić information content (AvgIpc) is 2.46. The van der Waals surface area contributed by atoms with Gasteiger partial charge >= 0.3 is 6.09 Å². The summed E-state index contributed by atoms with van der Waals surface area (Å²) in [6.45, 7) is 5.45. The van der Waals surface area contributed by atoms with E-state index < -0.39 is 6.09 Å². The van der Waals surface area contributed by atoms with Crippen molar-refractivity contribution in [1.82, 2.24) is 0 Å². The van der Waals surface area contributed by atoms with E-state index >= 15 is 0 Å². The Balaban J connectivity index is 1.35. The third kappa shape index (κ3) is 2.87. The van der Waals surface area contributed by atoms with Crippen molar-refractivity contribution in [3.8, 4) is 5.75 Å². The highest BCUT2D eigenvalue weighted by molar-refractivity contribution is 5.84. The fourth-order valence-electron chi connectivity index (χ4n) is 6.30. The third-order valence-electron chi connectivity index (χ3n) is 6.61. The van der Waals surface area contributed by atoms with Gasteiger partial charge in [0.2, 0.25) is 0 Å². The fourth-order valence-corrected chi connectivity index (χ4v) is 6.30. The van der Waals surface area contributed by atoms with Crippen LogP contribution in [-0.2, 0) is 4.74 Å². The predicted molar refractivity (Wildman–Crippen MR) is 92.8 cm³/mol. The second kappa shape index (κ2) is 5.40. The van der Waals surface area contributed by atoms with Crippen molar-refractivity contribution >= 4 is 11.8 Å². The Morgan fingerprint density at radius 3 is 2.21 bits per heavy atom. The predicted octanol–water partition coefficient (Wildman–Crippen LogP) is 4.79. The molecular weight excluding hydrogens is 302 g/mol. The van der Waals surface area contributed by atoms with Gasteiger partial charge in [0, 0.05) is 5.69 Å². The summed E-state index contributed by atoms with van der Waals surface area (Å²) >= 11 is 0. The summed E-state index contributed by atoms with van der Waals surface area (Å²) in [4.78, 5) is 12.1. The van der Waals surface area contributed by atoms with Gasteiger partial charge in [-0.1, -0.05) is 13.8 Å². The number of phenolic OH excluding ortho intramolecular Hbond substituents is 1. The Morgan fingerprint density at radius 2 is 1.67 bits per heavy atom. The number of amides is 1. The number of carbonyl (C=O) groups excluding carboxylic acids is 1. The number of nitrogens with one attached hydrogen (secondary N) is 1. The maximum absolute atomic E-state index is 12.1. The number of rotatable bonds is 3. The van der Waals surface area contributed by atoms with E-state index in [2.05, 4.69) is 19.2 Å². The number of phenols is 1. The Hall–Kier alpha value is -1.71. The summed E-state index contributed by atoms with van der Waals surface area (Å²) in [5, 5.41) is 12.0. The van der Waals surface area contributed by atoms with Gasteiger partial charge < -0.3 is 9.84 Å². The van der Waals surface area contributed by atoms with Crippen LogP contribution in [0.1, 0.15) is 46.0 Å². The van der Waals surface area contributed by atoms with Crippen molar-refractivity contribution < 1.29 is 14.6 Å². The number of ether oxygens (including phenoxy) is 1. The van der Waals surface area contributed by atoms with Gasteiger partial charge in [-0.25, -0.2) is 4.79 Å². The Bertz CT molecular complexity index is 603. The number of aromatic hydroxyl groups is 1. The molecule has 4 nitrogen and oxygen atoms in total. The number of hydrogen-bond acceptors (Lipinski definition) is 3. The maximum Gasteiger partial charge on any atom is 0.411 e. The van der Waals surface area contributed by atoms with Gasteiger partial charge in [-0.05, 0) is 85.0 Å². The van der Waals surface area contributed by atoms with Crippen molar-refractivity contribution in [3.05, 3.63) is 24.3 Å². The number of carbonyl (C=O) groups is 1. The molecule has 4 aliphatic rings. The van der Waals surface area contributed by atoms with Gasteiger partial charge in [0.1, 0.15) is 5.75 Å². The van der Waals surface area contributed by atoms with Gasteiger partial charge in [-0.3, -0.25) is 5.32 Å². The molecule has 130 valence electrons. The molecule has 0 aliphatic heterocycles. The van der Waals surface area contributed by atoms with Crippen LogP contribution in [-0.4, -0.2) is 17.8 Å². The molecule has 4 heteroatoms. The Kier molecular flexibility index (Phi) is 3.55. The lowest BCUT2D eigenvalue weighted by molar-refractivity contribution is -0.140. The maximum atomic E-state index is 12.1. The largest absolute Gasteiger partial charge is 0.508 e. The van der Waals surface area contributed by atoms with Crippen molar-refractivity contribution in [2.24, 2.45) is 28.6 Å². The molecule has 1 amide bonds. The molecule has 0 saturated heterocycles. The normalized spacial score (nSPS) is 39.7. The van der Waals surface area contributed by atoms with E-state index in [1.807, 2.05) is 0 Å². The highest BCUT2D eigenvalue weighted by Gasteiger charge is 2.57. The second-order valence-electron chi connectivity index (χ2n) is 9.07. The third-order valence-corrected chi connectivity index (χ3v) is 6.61. The van der Waals surface area contributed by atoms with Crippen molar-refractivity contribution in [2.45, 2.75) is 46.0 Å². The zero-order chi connectivity index (χ0) is 16.9. The molecule has 2 N–H and O–H groups in total. The number of hydrogen-bond donors (Lipinski definition) is 2. The molecule has 0 heterocycles. The highest BCUT2D eigenvalue weighted by atomic mass is 16.5.